The van der Waals surface area contributed by atoms with E-state index in [4.69, 9.17) is 0 Å². The van der Waals surface area contributed by atoms with Crippen molar-refractivity contribution in [3.05, 3.63) is 35.9 Å². The number of ketones is 1. The van der Waals surface area contributed by atoms with Crippen LogP contribution in [0.1, 0.15) is 37.5 Å². The standard InChI is InChI=1S/C16H18N2OS/c1-3-20-15(14-7-5-4-6-8-14)16(11-17,12-18)10-9-13(2)19/h4-8,15H,3,9-10H2,1-2H3. The lowest BCUT2D eigenvalue weighted by Gasteiger charge is -2.28. The molecular formula is C16H18N2OS. The van der Waals surface area contributed by atoms with E-state index in [9.17, 15) is 15.3 Å². The van der Waals surface area contributed by atoms with Gasteiger partial charge in [-0.2, -0.15) is 22.3 Å². The Morgan fingerprint density at radius 3 is 2.35 bits per heavy atom. The SMILES string of the molecule is CCSC(c1ccccc1)C(C#N)(C#N)CCC(C)=O. The monoisotopic (exact) mass is 286 g/mol. The minimum absolute atomic E-state index is 0.00758. The molecule has 0 aliphatic rings. The van der Waals surface area contributed by atoms with Crippen LogP contribution in [-0.2, 0) is 4.79 Å². The third-order valence-corrected chi connectivity index (χ3v) is 4.49. The first kappa shape index (κ1) is 16.3. The van der Waals surface area contributed by atoms with Gasteiger partial charge in [0.25, 0.3) is 0 Å². The molecule has 0 saturated heterocycles. The van der Waals surface area contributed by atoms with E-state index in [-0.39, 0.29) is 23.9 Å². The average Bonchev–Trinajstić information content (AvgIpc) is 2.48. The van der Waals surface area contributed by atoms with Crippen molar-refractivity contribution in [2.75, 3.05) is 5.75 Å². The van der Waals surface area contributed by atoms with Crippen LogP contribution in [0.5, 0.6) is 0 Å². The highest BCUT2D eigenvalue weighted by atomic mass is 32.2. The lowest BCUT2D eigenvalue weighted by molar-refractivity contribution is -0.117. The highest BCUT2D eigenvalue weighted by Gasteiger charge is 2.40. The molecule has 3 nitrogen and oxygen atoms in total. The second kappa shape index (κ2) is 7.72. The fraction of sp³-hybridized carbons (Fsp3) is 0.438. The van der Waals surface area contributed by atoms with Gasteiger partial charge in [0.2, 0.25) is 0 Å². The largest absolute Gasteiger partial charge is 0.300 e. The van der Waals surface area contributed by atoms with Crippen LogP contribution in [0.2, 0.25) is 0 Å². The molecule has 1 aromatic carbocycles. The molecule has 1 unspecified atom stereocenters. The molecule has 0 N–H and O–H groups in total. The summed E-state index contributed by atoms with van der Waals surface area (Å²) >= 11 is 1.58. The summed E-state index contributed by atoms with van der Waals surface area (Å²) in [6.45, 7) is 3.50. The number of rotatable bonds is 7. The molecule has 0 aromatic heterocycles. The van der Waals surface area contributed by atoms with Gasteiger partial charge in [0, 0.05) is 6.42 Å². The highest BCUT2D eigenvalue weighted by Crippen LogP contribution is 2.46. The van der Waals surface area contributed by atoms with Gasteiger partial charge in [0.1, 0.15) is 5.78 Å². The van der Waals surface area contributed by atoms with Crippen molar-refractivity contribution in [2.45, 2.75) is 31.9 Å². The predicted molar refractivity (Wildman–Crippen MR) is 80.9 cm³/mol. The Hall–Kier alpha value is -1.78. The number of carbonyl (C=O) groups excluding carboxylic acids is 1. The summed E-state index contributed by atoms with van der Waals surface area (Å²) in [6, 6.07) is 13.9. The smallest absolute Gasteiger partial charge is 0.160 e. The fourth-order valence-corrected chi connectivity index (χ4v) is 3.27. The number of Topliss-reactive ketones (excluding diaryl/α,β-unsaturated/α-hetero) is 1. The van der Waals surface area contributed by atoms with Gasteiger partial charge in [-0.15, -0.1) is 0 Å². The maximum Gasteiger partial charge on any atom is 0.160 e. The molecule has 0 saturated carbocycles. The van der Waals surface area contributed by atoms with Gasteiger partial charge >= 0.3 is 0 Å². The molecule has 4 heteroatoms. The van der Waals surface area contributed by atoms with Crippen LogP contribution in [-0.4, -0.2) is 11.5 Å². The van der Waals surface area contributed by atoms with E-state index < -0.39 is 5.41 Å². The molecule has 104 valence electrons. The Labute approximate surface area is 124 Å². The summed E-state index contributed by atoms with van der Waals surface area (Å²) < 4.78 is 0. The maximum absolute atomic E-state index is 11.2. The van der Waals surface area contributed by atoms with E-state index in [1.165, 1.54) is 6.92 Å². The summed E-state index contributed by atoms with van der Waals surface area (Å²) in [5.41, 5.74) is -0.195. The molecular weight excluding hydrogens is 268 g/mol. The summed E-state index contributed by atoms with van der Waals surface area (Å²) in [6.07, 6.45) is 0.538. The van der Waals surface area contributed by atoms with Crippen molar-refractivity contribution in [1.29, 1.82) is 10.5 Å². The molecule has 1 atom stereocenters. The lowest BCUT2D eigenvalue weighted by Crippen LogP contribution is -2.25. The van der Waals surface area contributed by atoms with Crippen molar-refractivity contribution < 1.29 is 4.79 Å². The highest BCUT2D eigenvalue weighted by molar-refractivity contribution is 7.99. The summed E-state index contributed by atoms with van der Waals surface area (Å²) in [7, 11) is 0. The Bertz CT molecular complexity index is 514. The zero-order valence-corrected chi connectivity index (χ0v) is 12.6. The molecule has 1 rings (SSSR count). The van der Waals surface area contributed by atoms with Crippen LogP contribution in [0.25, 0.3) is 0 Å². The number of benzene rings is 1. The number of nitriles is 2. The van der Waals surface area contributed by atoms with E-state index in [2.05, 4.69) is 12.1 Å². The molecule has 0 aliphatic carbocycles. The van der Waals surface area contributed by atoms with E-state index in [1.54, 1.807) is 11.8 Å². The molecule has 0 bridgehead atoms. The van der Waals surface area contributed by atoms with Crippen molar-refractivity contribution in [2.24, 2.45) is 5.41 Å². The lowest BCUT2D eigenvalue weighted by atomic mass is 9.79. The predicted octanol–water partition coefficient (Wildman–Crippen LogP) is 3.88. The number of thioether (sulfide) groups is 1. The first-order valence-electron chi connectivity index (χ1n) is 6.58. The van der Waals surface area contributed by atoms with Crippen LogP contribution in [0.3, 0.4) is 0 Å². The molecule has 1 aromatic rings. The molecule has 0 aliphatic heterocycles. The summed E-state index contributed by atoms with van der Waals surface area (Å²) in [5, 5.41) is 18.9. The van der Waals surface area contributed by atoms with E-state index in [0.29, 0.717) is 0 Å². The number of nitrogens with zero attached hydrogens (tertiary/aromatic N) is 2. The number of carbonyl (C=O) groups is 1. The summed E-state index contributed by atoms with van der Waals surface area (Å²) in [4.78, 5) is 11.2. The van der Waals surface area contributed by atoms with Crippen molar-refractivity contribution in [3.63, 3.8) is 0 Å². The first-order chi connectivity index (χ1) is 9.59. The molecule has 0 spiro atoms. The van der Waals surface area contributed by atoms with Crippen LogP contribution in [0.15, 0.2) is 30.3 Å². The van der Waals surface area contributed by atoms with Gasteiger partial charge in [-0.05, 0) is 24.7 Å². The molecule has 0 heterocycles. The molecule has 0 radical (unpaired) electrons. The van der Waals surface area contributed by atoms with Crippen molar-refractivity contribution in [1.82, 2.24) is 0 Å². The topological polar surface area (TPSA) is 64.7 Å². The zero-order valence-electron chi connectivity index (χ0n) is 11.8. The van der Waals surface area contributed by atoms with Crippen molar-refractivity contribution >= 4 is 17.5 Å². The number of hydrogen-bond donors (Lipinski definition) is 0. The van der Waals surface area contributed by atoms with Crippen LogP contribution >= 0.6 is 11.8 Å². The Morgan fingerprint density at radius 2 is 1.90 bits per heavy atom. The van der Waals surface area contributed by atoms with E-state index in [0.717, 1.165) is 11.3 Å². The van der Waals surface area contributed by atoms with Crippen LogP contribution in [0.4, 0.5) is 0 Å². The molecule has 20 heavy (non-hydrogen) atoms. The normalized spacial score (nSPS) is 12.2. The third kappa shape index (κ3) is 3.85. The van der Waals surface area contributed by atoms with E-state index in [1.807, 2.05) is 37.3 Å². The van der Waals surface area contributed by atoms with Gasteiger partial charge in [0.05, 0.1) is 17.4 Å². The zero-order chi connectivity index (χ0) is 15.0. The Morgan fingerprint density at radius 1 is 1.30 bits per heavy atom. The maximum atomic E-state index is 11.2. The summed E-state index contributed by atoms with van der Waals surface area (Å²) in [5.74, 6) is 0.818. The first-order valence-corrected chi connectivity index (χ1v) is 7.63. The minimum Gasteiger partial charge on any atom is -0.300 e. The van der Waals surface area contributed by atoms with Crippen molar-refractivity contribution in [3.8, 4) is 12.1 Å². The Balaban J connectivity index is 3.16. The van der Waals surface area contributed by atoms with Gasteiger partial charge in [-0.25, -0.2) is 0 Å². The minimum atomic E-state index is -1.16. The molecule has 0 fully saturated rings. The van der Waals surface area contributed by atoms with Crippen LogP contribution in [0, 0.1) is 28.1 Å². The van der Waals surface area contributed by atoms with Gasteiger partial charge in [-0.3, -0.25) is 0 Å². The van der Waals surface area contributed by atoms with Crippen LogP contribution < -0.4 is 0 Å². The fourth-order valence-electron chi connectivity index (χ4n) is 2.08. The van der Waals surface area contributed by atoms with E-state index >= 15 is 0 Å². The van der Waals surface area contributed by atoms with Gasteiger partial charge < -0.3 is 4.79 Å². The second-order valence-corrected chi connectivity index (χ2v) is 6.03. The third-order valence-electron chi connectivity index (χ3n) is 3.15. The average molecular weight is 286 g/mol. The van der Waals surface area contributed by atoms with Gasteiger partial charge in [-0.1, -0.05) is 37.3 Å². The van der Waals surface area contributed by atoms with Gasteiger partial charge in [0.15, 0.2) is 5.41 Å². The second-order valence-electron chi connectivity index (χ2n) is 4.64. The molecule has 0 amide bonds. The Kier molecular flexibility index (Phi) is 6.28. The quantitative estimate of drug-likeness (QED) is 0.763. The number of hydrogen-bond acceptors (Lipinski definition) is 4.